The molecule has 0 aromatic heterocycles. The first-order valence-electron chi connectivity index (χ1n) is 5.89. The average Bonchev–Trinajstić information content (AvgIpc) is 2.62. The second-order valence-corrected chi connectivity index (χ2v) is 4.83. The van der Waals surface area contributed by atoms with Gasteiger partial charge >= 0.3 is 5.97 Å². The predicted molar refractivity (Wildman–Crippen MR) is 62.9 cm³/mol. The Morgan fingerprint density at radius 1 is 1.31 bits per heavy atom. The van der Waals surface area contributed by atoms with Crippen molar-refractivity contribution in [3.8, 4) is 0 Å². The SMILES string of the molecule is CC(C)C1COC(=O)C1Cc1ccccc1. The molecule has 2 heteroatoms. The fourth-order valence-electron chi connectivity index (χ4n) is 2.34. The lowest BCUT2D eigenvalue weighted by Crippen LogP contribution is -2.22. The molecule has 1 saturated heterocycles. The molecule has 2 nitrogen and oxygen atoms in total. The van der Waals surface area contributed by atoms with Crippen LogP contribution in [0, 0.1) is 17.8 Å². The summed E-state index contributed by atoms with van der Waals surface area (Å²) in [5.74, 6) is 0.887. The standard InChI is InChI=1S/C14H18O2/c1-10(2)13-9-16-14(15)12(13)8-11-6-4-3-5-7-11/h3-7,10,12-13H,8-9H2,1-2H3. The lowest BCUT2D eigenvalue weighted by Gasteiger charge is -2.18. The van der Waals surface area contributed by atoms with Crippen LogP contribution in [0.15, 0.2) is 30.3 Å². The van der Waals surface area contributed by atoms with Gasteiger partial charge in [0.05, 0.1) is 12.5 Å². The van der Waals surface area contributed by atoms with E-state index in [1.165, 1.54) is 5.56 Å². The van der Waals surface area contributed by atoms with E-state index in [2.05, 4.69) is 26.0 Å². The molecule has 2 unspecified atom stereocenters. The smallest absolute Gasteiger partial charge is 0.309 e. The summed E-state index contributed by atoms with van der Waals surface area (Å²) in [5.41, 5.74) is 1.22. The molecule has 2 atom stereocenters. The highest BCUT2D eigenvalue weighted by atomic mass is 16.5. The van der Waals surface area contributed by atoms with Gasteiger partial charge < -0.3 is 4.74 Å². The van der Waals surface area contributed by atoms with Gasteiger partial charge in [0.25, 0.3) is 0 Å². The summed E-state index contributed by atoms with van der Waals surface area (Å²) in [4.78, 5) is 11.7. The maximum atomic E-state index is 11.7. The number of hydrogen-bond donors (Lipinski definition) is 0. The van der Waals surface area contributed by atoms with Crippen LogP contribution in [0.2, 0.25) is 0 Å². The monoisotopic (exact) mass is 218 g/mol. The molecule has 2 rings (SSSR count). The van der Waals surface area contributed by atoms with Crippen molar-refractivity contribution in [2.45, 2.75) is 20.3 Å². The Labute approximate surface area is 96.6 Å². The highest BCUT2D eigenvalue weighted by molar-refractivity contribution is 5.75. The molecule has 16 heavy (non-hydrogen) atoms. The van der Waals surface area contributed by atoms with Gasteiger partial charge in [-0.05, 0) is 17.9 Å². The van der Waals surface area contributed by atoms with Crippen molar-refractivity contribution in [3.05, 3.63) is 35.9 Å². The van der Waals surface area contributed by atoms with E-state index < -0.39 is 0 Å². The van der Waals surface area contributed by atoms with Crippen LogP contribution in [-0.2, 0) is 16.0 Å². The second kappa shape index (κ2) is 4.69. The zero-order chi connectivity index (χ0) is 11.5. The first kappa shape index (κ1) is 11.2. The summed E-state index contributed by atoms with van der Waals surface area (Å²) < 4.78 is 5.17. The van der Waals surface area contributed by atoms with Crippen LogP contribution in [-0.4, -0.2) is 12.6 Å². The van der Waals surface area contributed by atoms with Crippen molar-refractivity contribution in [1.82, 2.24) is 0 Å². The largest absolute Gasteiger partial charge is 0.465 e. The van der Waals surface area contributed by atoms with E-state index in [0.717, 1.165) is 6.42 Å². The van der Waals surface area contributed by atoms with Crippen LogP contribution in [0.25, 0.3) is 0 Å². The molecule has 1 aliphatic heterocycles. The summed E-state index contributed by atoms with van der Waals surface area (Å²) in [5, 5.41) is 0. The molecular formula is C14H18O2. The van der Waals surface area contributed by atoms with Crippen LogP contribution in [0.5, 0.6) is 0 Å². The van der Waals surface area contributed by atoms with Crippen molar-refractivity contribution in [2.24, 2.45) is 17.8 Å². The van der Waals surface area contributed by atoms with Gasteiger partial charge in [-0.1, -0.05) is 44.2 Å². The molecule has 1 aromatic rings. The normalized spacial score (nSPS) is 24.8. The Morgan fingerprint density at radius 3 is 2.62 bits per heavy atom. The van der Waals surface area contributed by atoms with Gasteiger partial charge in [-0.3, -0.25) is 4.79 Å². The molecule has 0 N–H and O–H groups in total. The van der Waals surface area contributed by atoms with Crippen LogP contribution in [0.3, 0.4) is 0 Å². The Bertz CT molecular complexity index is 356. The maximum absolute atomic E-state index is 11.7. The maximum Gasteiger partial charge on any atom is 0.309 e. The van der Waals surface area contributed by atoms with E-state index in [0.29, 0.717) is 18.4 Å². The zero-order valence-electron chi connectivity index (χ0n) is 9.85. The van der Waals surface area contributed by atoms with Crippen molar-refractivity contribution in [3.63, 3.8) is 0 Å². The number of rotatable bonds is 3. The molecule has 0 spiro atoms. The van der Waals surface area contributed by atoms with Gasteiger partial charge in [-0.25, -0.2) is 0 Å². The first-order chi connectivity index (χ1) is 7.68. The van der Waals surface area contributed by atoms with Crippen LogP contribution >= 0.6 is 0 Å². The molecule has 1 aromatic carbocycles. The van der Waals surface area contributed by atoms with Crippen molar-refractivity contribution < 1.29 is 9.53 Å². The average molecular weight is 218 g/mol. The Morgan fingerprint density at radius 2 is 2.00 bits per heavy atom. The van der Waals surface area contributed by atoms with Crippen molar-refractivity contribution >= 4 is 5.97 Å². The van der Waals surface area contributed by atoms with Gasteiger partial charge in [-0.2, -0.15) is 0 Å². The third-order valence-electron chi connectivity index (χ3n) is 3.39. The molecule has 1 fully saturated rings. The summed E-state index contributed by atoms with van der Waals surface area (Å²) in [6.07, 6.45) is 0.808. The predicted octanol–water partition coefficient (Wildman–Crippen LogP) is 2.67. The number of cyclic esters (lactones) is 1. The number of ether oxygens (including phenoxy) is 1. The van der Waals surface area contributed by atoms with E-state index in [9.17, 15) is 4.79 Å². The van der Waals surface area contributed by atoms with E-state index in [-0.39, 0.29) is 11.9 Å². The number of carbonyl (C=O) groups is 1. The van der Waals surface area contributed by atoms with Crippen LogP contribution in [0.1, 0.15) is 19.4 Å². The minimum atomic E-state index is -0.0254. The highest BCUT2D eigenvalue weighted by Crippen LogP contribution is 2.31. The van der Waals surface area contributed by atoms with Gasteiger partial charge in [0.1, 0.15) is 0 Å². The number of benzene rings is 1. The fourth-order valence-corrected chi connectivity index (χ4v) is 2.34. The number of carbonyl (C=O) groups excluding carboxylic acids is 1. The summed E-state index contributed by atoms with van der Waals surface area (Å²) in [6.45, 7) is 4.91. The summed E-state index contributed by atoms with van der Waals surface area (Å²) >= 11 is 0. The number of esters is 1. The third kappa shape index (κ3) is 2.26. The van der Waals surface area contributed by atoms with Gasteiger partial charge in [0, 0.05) is 5.92 Å². The van der Waals surface area contributed by atoms with Crippen LogP contribution in [0.4, 0.5) is 0 Å². The molecule has 86 valence electrons. The Hall–Kier alpha value is -1.31. The van der Waals surface area contributed by atoms with Crippen molar-refractivity contribution in [2.75, 3.05) is 6.61 Å². The van der Waals surface area contributed by atoms with Crippen molar-refractivity contribution in [1.29, 1.82) is 0 Å². The molecule has 0 radical (unpaired) electrons. The van der Waals surface area contributed by atoms with E-state index in [1.807, 2.05) is 18.2 Å². The molecule has 0 aliphatic carbocycles. The lowest BCUT2D eigenvalue weighted by molar-refractivity contribution is -0.141. The topological polar surface area (TPSA) is 26.3 Å². The van der Waals surface area contributed by atoms with Crippen LogP contribution < -0.4 is 0 Å². The Balaban J connectivity index is 2.10. The summed E-state index contributed by atoms with van der Waals surface area (Å²) in [7, 11) is 0. The minimum absolute atomic E-state index is 0.0254. The molecule has 0 bridgehead atoms. The summed E-state index contributed by atoms with van der Waals surface area (Å²) in [6, 6.07) is 10.2. The van der Waals surface area contributed by atoms with E-state index in [4.69, 9.17) is 4.74 Å². The number of hydrogen-bond acceptors (Lipinski definition) is 2. The molecular weight excluding hydrogens is 200 g/mol. The zero-order valence-corrected chi connectivity index (χ0v) is 9.85. The molecule has 0 saturated carbocycles. The molecule has 0 amide bonds. The van der Waals surface area contributed by atoms with Gasteiger partial charge in [0.15, 0.2) is 0 Å². The molecule has 1 heterocycles. The quantitative estimate of drug-likeness (QED) is 0.729. The van der Waals surface area contributed by atoms with E-state index in [1.54, 1.807) is 0 Å². The van der Waals surface area contributed by atoms with E-state index >= 15 is 0 Å². The first-order valence-corrected chi connectivity index (χ1v) is 5.89. The fraction of sp³-hybridized carbons (Fsp3) is 0.500. The van der Waals surface area contributed by atoms with Gasteiger partial charge in [-0.15, -0.1) is 0 Å². The second-order valence-electron chi connectivity index (χ2n) is 4.83. The minimum Gasteiger partial charge on any atom is -0.465 e. The Kier molecular flexibility index (Phi) is 3.28. The third-order valence-corrected chi connectivity index (χ3v) is 3.39. The molecule has 1 aliphatic rings. The van der Waals surface area contributed by atoms with Gasteiger partial charge in [0.2, 0.25) is 0 Å². The lowest BCUT2D eigenvalue weighted by atomic mass is 9.82. The highest BCUT2D eigenvalue weighted by Gasteiger charge is 2.38.